The first-order valence-electron chi connectivity index (χ1n) is 8.36. The predicted molar refractivity (Wildman–Crippen MR) is 97.5 cm³/mol. The molecule has 1 aliphatic rings. The third-order valence-electron chi connectivity index (χ3n) is 4.16. The number of carbonyl (C=O) groups excluding carboxylic acids is 2. The maximum atomic E-state index is 12.5. The monoisotopic (exact) mass is 386 g/mol. The van der Waals surface area contributed by atoms with Crippen LogP contribution in [0.25, 0.3) is 0 Å². The highest BCUT2D eigenvalue weighted by molar-refractivity contribution is 7.91. The van der Waals surface area contributed by atoms with Gasteiger partial charge in [-0.25, -0.2) is 8.42 Å². The molecule has 6 nitrogen and oxygen atoms in total. The van der Waals surface area contributed by atoms with Crippen molar-refractivity contribution in [1.82, 2.24) is 10.2 Å². The Bertz CT molecular complexity index is 719. The zero-order chi connectivity index (χ0) is 18.4. The molecule has 0 aliphatic carbocycles. The lowest BCUT2D eigenvalue weighted by Crippen LogP contribution is -2.42. The minimum atomic E-state index is -3.04. The molecule has 2 rings (SSSR count). The predicted octanol–water partition coefficient (Wildman–Crippen LogP) is 1.89. The number of rotatable bonds is 7. The van der Waals surface area contributed by atoms with E-state index >= 15 is 0 Å². The van der Waals surface area contributed by atoms with Crippen molar-refractivity contribution >= 4 is 33.3 Å². The molecule has 0 saturated carbocycles. The van der Waals surface area contributed by atoms with Crippen molar-refractivity contribution in [2.45, 2.75) is 32.2 Å². The van der Waals surface area contributed by atoms with E-state index in [-0.39, 0.29) is 42.3 Å². The molecule has 138 valence electrons. The maximum absolute atomic E-state index is 12.5. The van der Waals surface area contributed by atoms with Gasteiger partial charge in [0.1, 0.15) is 0 Å². The molecule has 1 atom stereocenters. The van der Waals surface area contributed by atoms with Crippen LogP contribution in [0.3, 0.4) is 0 Å². The van der Waals surface area contributed by atoms with E-state index in [4.69, 9.17) is 11.6 Å². The number of benzene rings is 1. The van der Waals surface area contributed by atoms with Crippen molar-refractivity contribution in [3.8, 4) is 0 Å². The van der Waals surface area contributed by atoms with Gasteiger partial charge < -0.3 is 10.2 Å². The third kappa shape index (κ3) is 5.71. The standard InChI is InChI=1S/C17H23ClN2O4S/c1-2-10-20(15-8-11-25(23,24)12-15)16(21)7-9-19-17(22)13-3-5-14(18)6-4-13/h3-6,15H,2,7-12H2,1H3,(H,19,22)/t15-/m1/s1. The first kappa shape index (κ1) is 19.7. The number of amides is 2. The maximum Gasteiger partial charge on any atom is 0.251 e. The van der Waals surface area contributed by atoms with Gasteiger partial charge in [0.05, 0.1) is 11.5 Å². The second kappa shape index (κ2) is 8.67. The highest BCUT2D eigenvalue weighted by Gasteiger charge is 2.33. The Morgan fingerprint density at radius 3 is 2.52 bits per heavy atom. The molecule has 1 saturated heterocycles. The van der Waals surface area contributed by atoms with Gasteiger partial charge in [0.2, 0.25) is 5.91 Å². The van der Waals surface area contributed by atoms with Crippen LogP contribution in [0, 0.1) is 0 Å². The van der Waals surface area contributed by atoms with Crippen LogP contribution in [0.1, 0.15) is 36.5 Å². The van der Waals surface area contributed by atoms with Gasteiger partial charge in [-0.1, -0.05) is 18.5 Å². The van der Waals surface area contributed by atoms with E-state index in [9.17, 15) is 18.0 Å². The minimum Gasteiger partial charge on any atom is -0.352 e. The Kier molecular flexibility index (Phi) is 6.84. The zero-order valence-electron chi connectivity index (χ0n) is 14.2. The van der Waals surface area contributed by atoms with Gasteiger partial charge in [0.25, 0.3) is 5.91 Å². The van der Waals surface area contributed by atoms with Crippen molar-refractivity contribution in [2.24, 2.45) is 0 Å². The van der Waals surface area contributed by atoms with E-state index in [0.717, 1.165) is 6.42 Å². The summed E-state index contributed by atoms with van der Waals surface area (Å²) in [7, 11) is -3.04. The summed E-state index contributed by atoms with van der Waals surface area (Å²) >= 11 is 5.78. The molecule has 2 amide bonds. The zero-order valence-corrected chi connectivity index (χ0v) is 15.8. The van der Waals surface area contributed by atoms with Gasteiger partial charge in [-0.15, -0.1) is 0 Å². The van der Waals surface area contributed by atoms with Gasteiger partial charge in [-0.05, 0) is 37.1 Å². The van der Waals surface area contributed by atoms with E-state index in [2.05, 4.69) is 5.32 Å². The molecule has 1 aromatic rings. The average Bonchev–Trinajstić information content (AvgIpc) is 2.92. The van der Waals surface area contributed by atoms with Gasteiger partial charge in [0, 0.05) is 36.1 Å². The molecule has 1 aromatic carbocycles. The summed E-state index contributed by atoms with van der Waals surface area (Å²) in [5, 5.41) is 3.25. The van der Waals surface area contributed by atoms with Crippen LogP contribution in [0.5, 0.6) is 0 Å². The van der Waals surface area contributed by atoms with E-state index in [1.54, 1.807) is 29.2 Å². The molecule has 1 aliphatic heterocycles. The summed E-state index contributed by atoms with van der Waals surface area (Å²) in [6, 6.07) is 6.25. The Morgan fingerprint density at radius 2 is 1.96 bits per heavy atom. The van der Waals surface area contributed by atoms with Crippen LogP contribution >= 0.6 is 11.6 Å². The number of carbonyl (C=O) groups is 2. The summed E-state index contributed by atoms with van der Waals surface area (Å²) in [6.07, 6.45) is 1.40. The summed E-state index contributed by atoms with van der Waals surface area (Å²) in [5.41, 5.74) is 0.476. The minimum absolute atomic E-state index is 0.0376. The van der Waals surface area contributed by atoms with Crippen LogP contribution in [-0.2, 0) is 14.6 Å². The highest BCUT2D eigenvalue weighted by atomic mass is 35.5. The first-order chi connectivity index (χ1) is 11.8. The first-order valence-corrected chi connectivity index (χ1v) is 10.6. The Balaban J connectivity index is 1.86. The lowest BCUT2D eigenvalue weighted by molar-refractivity contribution is -0.132. The SMILES string of the molecule is CCCN(C(=O)CCNC(=O)c1ccc(Cl)cc1)[C@@H]1CCS(=O)(=O)C1. The second-order valence-corrected chi connectivity index (χ2v) is 8.82. The largest absolute Gasteiger partial charge is 0.352 e. The molecule has 0 spiro atoms. The van der Waals surface area contributed by atoms with Crippen molar-refractivity contribution in [3.63, 3.8) is 0 Å². The number of sulfone groups is 1. The molecule has 0 aromatic heterocycles. The second-order valence-electron chi connectivity index (χ2n) is 6.16. The summed E-state index contributed by atoms with van der Waals surface area (Å²) in [4.78, 5) is 26.1. The van der Waals surface area contributed by atoms with Crippen molar-refractivity contribution in [1.29, 1.82) is 0 Å². The molecule has 25 heavy (non-hydrogen) atoms. The van der Waals surface area contributed by atoms with Crippen LogP contribution in [0.2, 0.25) is 5.02 Å². The highest BCUT2D eigenvalue weighted by Crippen LogP contribution is 2.19. The number of nitrogens with one attached hydrogen (secondary N) is 1. The lowest BCUT2D eigenvalue weighted by atomic mass is 10.2. The van der Waals surface area contributed by atoms with E-state index in [1.807, 2.05) is 6.92 Å². The van der Waals surface area contributed by atoms with Gasteiger partial charge in [-0.2, -0.15) is 0 Å². The Labute approximate surface area is 153 Å². The number of hydrogen-bond acceptors (Lipinski definition) is 4. The van der Waals surface area contributed by atoms with Crippen LogP contribution in [0.4, 0.5) is 0 Å². The van der Waals surface area contributed by atoms with Crippen LogP contribution in [0.15, 0.2) is 24.3 Å². The topological polar surface area (TPSA) is 83.6 Å². The molecule has 0 unspecified atom stereocenters. The van der Waals surface area contributed by atoms with Crippen molar-refractivity contribution in [3.05, 3.63) is 34.9 Å². The van der Waals surface area contributed by atoms with Crippen molar-refractivity contribution < 1.29 is 18.0 Å². The smallest absolute Gasteiger partial charge is 0.251 e. The van der Waals surface area contributed by atoms with Crippen LogP contribution in [-0.4, -0.2) is 55.8 Å². The molecular formula is C17H23ClN2O4S. The normalized spacial score (nSPS) is 18.7. The molecule has 8 heteroatoms. The number of hydrogen-bond donors (Lipinski definition) is 1. The quantitative estimate of drug-likeness (QED) is 0.775. The molecular weight excluding hydrogens is 364 g/mol. The van der Waals surface area contributed by atoms with E-state index in [1.165, 1.54) is 0 Å². The molecule has 0 bridgehead atoms. The fraction of sp³-hybridized carbons (Fsp3) is 0.529. The van der Waals surface area contributed by atoms with Crippen LogP contribution < -0.4 is 5.32 Å². The summed E-state index contributed by atoms with van der Waals surface area (Å²) in [6.45, 7) is 2.69. The molecule has 1 fully saturated rings. The Morgan fingerprint density at radius 1 is 1.28 bits per heavy atom. The molecule has 0 radical (unpaired) electrons. The molecule has 1 heterocycles. The van der Waals surface area contributed by atoms with E-state index in [0.29, 0.717) is 23.6 Å². The van der Waals surface area contributed by atoms with Gasteiger partial charge in [-0.3, -0.25) is 9.59 Å². The summed E-state index contributed by atoms with van der Waals surface area (Å²) < 4.78 is 23.3. The Hall–Kier alpha value is -1.60. The average molecular weight is 387 g/mol. The molecule has 1 N–H and O–H groups in total. The van der Waals surface area contributed by atoms with Gasteiger partial charge in [0.15, 0.2) is 9.84 Å². The fourth-order valence-electron chi connectivity index (χ4n) is 2.90. The van der Waals surface area contributed by atoms with Gasteiger partial charge >= 0.3 is 0 Å². The number of halogens is 1. The number of nitrogens with zero attached hydrogens (tertiary/aromatic N) is 1. The van der Waals surface area contributed by atoms with E-state index < -0.39 is 9.84 Å². The fourth-order valence-corrected chi connectivity index (χ4v) is 4.76. The third-order valence-corrected chi connectivity index (χ3v) is 6.17. The lowest BCUT2D eigenvalue weighted by Gasteiger charge is -2.28. The van der Waals surface area contributed by atoms with Crippen molar-refractivity contribution in [2.75, 3.05) is 24.6 Å². The summed E-state index contributed by atoms with van der Waals surface area (Å²) in [5.74, 6) is -0.218.